The first kappa shape index (κ1) is 18.4. The number of anilines is 2. The van der Waals surface area contributed by atoms with E-state index in [1.807, 2.05) is 24.1 Å². The molecule has 3 rings (SSSR count). The van der Waals surface area contributed by atoms with Crippen LogP contribution in [-0.4, -0.2) is 48.7 Å². The topological polar surface area (TPSA) is 93.4 Å². The van der Waals surface area contributed by atoms with E-state index in [-0.39, 0.29) is 12.0 Å². The van der Waals surface area contributed by atoms with Crippen LogP contribution in [0.4, 0.5) is 11.8 Å². The Labute approximate surface area is 153 Å². The minimum Gasteiger partial charge on any atom is -0.383 e. The van der Waals surface area contributed by atoms with E-state index in [2.05, 4.69) is 29.1 Å². The molecule has 7 heteroatoms. The number of carbonyl (C=O) groups excluding carboxylic acids is 1. The molecule has 1 aliphatic rings. The largest absolute Gasteiger partial charge is 0.383 e. The highest BCUT2D eigenvalue weighted by molar-refractivity contribution is 5.90. The van der Waals surface area contributed by atoms with E-state index in [1.54, 1.807) is 0 Å². The molecular weight excluding hydrogens is 330 g/mol. The van der Waals surface area contributed by atoms with Crippen molar-refractivity contribution in [3.8, 4) is 0 Å². The van der Waals surface area contributed by atoms with Crippen LogP contribution in [0.5, 0.6) is 0 Å². The lowest BCUT2D eigenvalue weighted by Crippen LogP contribution is -2.36. The summed E-state index contributed by atoms with van der Waals surface area (Å²) in [5.74, 6) is 1.08. The van der Waals surface area contributed by atoms with Gasteiger partial charge in [0.15, 0.2) is 0 Å². The number of nitrogens with zero attached hydrogens (tertiary/aromatic N) is 3. The average molecular weight is 357 g/mol. The Morgan fingerprint density at radius 3 is 2.85 bits per heavy atom. The molecule has 7 nitrogen and oxygen atoms in total. The standard InChI is InChI=1S/C19H27N5O2/c1-12-10-14-15(11-13(12)2)22-19(23-17(14)20)24(3)8-5-7-21-18(25)16-6-4-9-26-16/h10-11,16H,4-9H2,1-3H3,(H,21,25)(H2,20,22,23). The van der Waals surface area contributed by atoms with Gasteiger partial charge in [-0.2, -0.15) is 4.98 Å². The molecule has 2 heterocycles. The summed E-state index contributed by atoms with van der Waals surface area (Å²) in [6.45, 7) is 6.12. The van der Waals surface area contributed by atoms with Crippen molar-refractivity contribution in [2.75, 3.05) is 37.4 Å². The van der Waals surface area contributed by atoms with Crippen LogP contribution >= 0.6 is 0 Å². The number of hydrogen-bond donors (Lipinski definition) is 2. The summed E-state index contributed by atoms with van der Waals surface area (Å²) in [4.78, 5) is 23.0. The van der Waals surface area contributed by atoms with Gasteiger partial charge in [-0.1, -0.05) is 0 Å². The minimum atomic E-state index is -0.275. The molecule has 1 unspecified atom stereocenters. The fraction of sp³-hybridized carbons (Fsp3) is 0.526. The Morgan fingerprint density at radius 2 is 2.12 bits per heavy atom. The number of fused-ring (bicyclic) bond motifs is 1. The lowest BCUT2D eigenvalue weighted by Gasteiger charge is -2.19. The molecule has 3 N–H and O–H groups in total. The summed E-state index contributed by atoms with van der Waals surface area (Å²) in [6.07, 6.45) is 2.29. The molecule has 2 aromatic rings. The maximum Gasteiger partial charge on any atom is 0.249 e. The Bertz CT molecular complexity index is 802. The van der Waals surface area contributed by atoms with Crippen LogP contribution in [0.3, 0.4) is 0 Å². The minimum absolute atomic E-state index is 0.0119. The highest BCUT2D eigenvalue weighted by Gasteiger charge is 2.22. The van der Waals surface area contributed by atoms with Gasteiger partial charge in [0, 0.05) is 32.1 Å². The molecule has 1 aromatic carbocycles. The maximum absolute atomic E-state index is 11.9. The van der Waals surface area contributed by atoms with Gasteiger partial charge in [0.25, 0.3) is 0 Å². The number of nitrogens with two attached hydrogens (primary N) is 1. The number of aryl methyl sites for hydroxylation is 2. The third kappa shape index (κ3) is 4.04. The van der Waals surface area contributed by atoms with Gasteiger partial charge in [-0.25, -0.2) is 4.98 Å². The van der Waals surface area contributed by atoms with Gasteiger partial charge in [-0.05, 0) is 56.4 Å². The molecule has 1 atom stereocenters. The van der Waals surface area contributed by atoms with E-state index in [4.69, 9.17) is 10.5 Å². The number of amides is 1. The number of benzene rings is 1. The molecule has 1 amide bonds. The first-order chi connectivity index (χ1) is 12.5. The molecule has 1 saturated heterocycles. The summed E-state index contributed by atoms with van der Waals surface area (Å²) in [5, 5.41) is 3.81. The van der Waals surface area contributed by atoms with Crippen molar-refractivity contribution in [3.05, 3.63) is 23.3 Å². The van der Waals surface area contributed by atoms with Crippen LogP contribution in [-0.2, 0) is 9.53 Å². The fourth-order valence-corrected chi connectivity index (χ4v) is 3.10. The van der Waals surface area contributed by atoms with Crippen LogP contribution < -0.4 is 16.0 Å². The maximum atomic E-state index is 11.9. The van der Waals surface area contributed by atoms with E-state index >= 15 is 0 Å². The number of carbonyl (C=O) groups is 1. The van der Waals surface area contributed by atoms with Gasteiger partial charge in [-0.3, -0.25) is 4.79 Å². The second kappa shape index (κ2) is 7.86. The molecule has 0 spiro atoms. The van der Waals surface area contributed by atoms with Crippen molar-refractivity contribution >= 4 is 28.6 Å². The molecule has 0 saturated carbocycles. The van der Waals surface area contributed by atoms with Gasteiger partial charge >= 0.3 is 0 Å². The lowest BCUT2D eigenvalue weighted by atomic mass is 10.1. The number of nitrogen functional groups attached to an aromatic ring is 1. The first-order valence-corrected chi connectivity index (χ1v) is 9.10. The predicted molar refractivity (Wildman–Crippen MR) is 103 cm³/mol. The smallest absolute Gasteiger partial charge is 0.249 e. The van der Waals surface area contributed by atoms with Crippen molar-refractivity contribution < 1.29 is 9.53 Å². The highest BCUT2D eigenvalue weighted by Crippen LogP contribution is 2.24. The molecule has 1 aromatic heterocycles. The molecule has 140 valence electrons. The van der Waals surface area contributed by atoms with Crippen LogP contribution in [0.25, 0.3) is 10.9 Å². The summed E-state index contributed by atoms with van der Waals surface area (Å²) in [5.41, 5.74) is 9.34. The zero-order valence-corrected chi connectivity index (χ0v) is 15.7. The predicted octanol–water partition coefficient (Wildman–Crippen LogP) is 1.95. The zero-order valence-electron chi connectivity index (χ0n) is 15.7. The molecule has 0 aliphatic carbocycles. The van der Waals surface area contributed by atoms with Crippen LogP contribution in [0.2, 0.25) is 0 Å². The van der Waals surface area contributed by atoms with E-state index in [1.165, 1.54) is 11.1 Å². The first-order valence-electron chi connectivity index (χ1n) is 9.10. The highest BCUT2D eigenvalue weighted by atomic mass is 16.5. The third-order valence-electron chi connectivity index (χ3n) is 4.86. The Hall–Kier alpha value is -2.41. The van der Waals surface area contributed by atoms with E-state index in [0.29, 0.717) is 24.9 Å². The summed E-state index contributed by atoms with van der Waals surface area (Å²) in [6, 6.07) is 4.08. The van der Waals surface area contributed by atoms with Crippen LogP contribution in [0.1, 0.15) is 30.4 Å². The van der Waals surface area contributed by atoms with Crippen molar-refractivity contribution in [2.24, 2.45) is 0 Å². The Morgan fingerprint density at radius 1 is 1.35 bits per heavy atom. The van der Waals surface area contributed by atoms with E-state index < -0.39 is 0 Å². The number of rotatable bonds is 6. The molecule has 0 bridgehead atoms. The van der Waals surface area contributed by atoms with Crippen molar-refractivity contribution in [2.45, 2.75) is 39.2 Å². The number of aromatic nitrogens is 2. The summed E-state index contributed by atoms with van der Waals surface area (Å²) < 4.78 is 5.38. The van der Waals surface area contributed by atoms with Crippen molar-refractivity contribution in [1.29, 1.82) is 0 Å². The fourth-order valence-electron chi connectivity index (χ4n) is 3.10. The molecule has 0 radical (unpaired) electrons. The van der Waals surface area contributed by atoms with Gasteiger partial charge < -0.3 is 20.7 Å². The van der Waals surface area contributed by atoms with Gasteiger partial charge in [0.2, 0.25) is 11.9 Å². The number of hydrogen-bond acceptors (Lipinski definition) is 6. The zero-order chi connectivity index (χ0) is 18.7. The van der Waals surface area contributed by atoms with Crippen molar-refractivity contribution in [1.82, 2.24) is 15.3 Å². The molecule has 1 aliphatic heterocycles. The summed E-state index contributed by atoms with van der Waals surface area (Å²) >= 11 is 0. The van der Waals surface area contributed by atoms with Crippen LogP contribution in [0.15, 0.2) is 12.1 Å². The Balaban J connectivity index is 1.58. The molecular formula is C19H27N5O2. The van der Waals surface area contributed by atoms with E-state index in [9.17, 15) is 4.79 Å². The second-order valence-corrected chi connectivity index (χ2v) is 6.93. The molecule has 1 fully saturated rings. The number of ether oxygens (including phenoxy) is 1. The second-order valence-electron chi connectivity index (χ2n) is 6.93. The van der Waals surface area contributed by atoms with Gasteiger partial charge in [0.1, 0.15) is 11.9 Å². The van der Waals surface area contributed by atoms with Gasteiger partial charge in [0.05, 0.1) is 5.52 Å². The SMILES string of the molecule is Cc1cc2nc(N(C)CCCNC(=O)C3CCCO3)nc(N)c2cc1C. The summed E-state index contributed by atoms with van der Waals surface area (Å²) in [7, 11) is 1.93. The molecule has 26 heavy (non-hydrogen) atoms. The van der Waals surface area contributed by atoms with Gasteiger partial charge in [-0.15, -0.1) is 0 Å². The van der Waals surface area contributed by atoms with Crippen LogP contribution in [0, 0.1) is 13.8 Å². The third-order valence-corrected chi connectivity index (χ3v) is 4.86. The van der Waals surface area contributed by atoms with E-state index in [0.717, 1.165) is 36.7 Å². The average Bonchev–Trinajstić information content (AvgIpc) is 3.14. The lowest BCUT2D eigenvalue weighted by molar-refractivity contribution is -0.130. The normalized spacial score (nSPS) is 16.8. The van der Waals surface area contributed by atoms with Crippen molar-refractivity contribution in [3.63, 3.8) is 0 Å². The Kier molecular flexibility index (Phi) is 5.56. The monoisotopic (exact) mass is 357 g/mol. The number of nitrogens with one attached hydrogen (secondary N) is 1. The quantitative estimate of drug-likeness (QED) is 0.768.